The van der Waals surface area contributed by atoms with Crippen molar-refractivity contribution in [1.82, 2.24) is 9.55 Å². The molecule has 2 aromatic heterocycles. The van der Waals surface area contributed by atoms with Crippen LogP contribution in [0.1, 0.15) is 28.2 Å². The number of imidazole rings is 1. The van der Waals surface area contributed by atoms with Gasteiger partial charge in [0.2, 0.25) is 0 Å². The average Bonchev–Trinajstić information content (AvgIpc) is 2.84. The number of ketones is 1. The first-order chi connectivity index (χ1) is 7.68. The fourth-order valence-electron chi connectivity index (χ4n) is 1.64. The van der Waals surface area contributed by atoms with Gasteiger partial charge in [0, 0.05) is 43.2 Å². The first-order valence-electron chi connectivity index (χ1n) is 5.20. The highest BCUT2D eigenvalue weighted by Crippen LogP contribution is 2.16. The van der Waals surface area contributed by atoms with Gasteiger partial charge in [-0.2, -0.15) is 11.3 Å². The minimum Gasteiger partial charge on any atom is -0.338 e. The molecule has 16 heavy (non-hydrogen) atoms. The Balaban J connectivity index is 1.99. The molecule has 0 saturated carbocycles. The highest BCUT2D eigenvalue weighted by atomic mass is 32.1. The summed E-state index contributed by atoms with van der Waals surface area (Å²) in [6, 6.07) is 0. The molecule has 4 heteroatoms. The van der Waals surface area contributed by atoms with E-state index in [4.69, 9.17) is 0 Å². The van der Waals surface area contributed by atoms with Crippen molar-refractivity contribution in [2.24, 2.45) is 7.05 Å². The van der Waals surface area contributed by atoms with Crippen LogP contribution in [0.4, 0.5) is 0 Å². The average molecular weight is 234 g/mol. The third-order valence-electron chi connectivity index (χ3n) is 2.65. The zero-order chi connectivity index (χ0) is 11.5. The lowest BCUT2D eigenvalue weighted by Crippen LogP contribution is -2.04. The lowest BCUT2D eigenvalue weighted by atomic mass is 10.1. The summed E-state index contributed by atoms with van der Waals surface area (Å²) in [6.07, 6.45) is 4.89. The van der Waals surface area contributed by atoms with Crippen LogP contribution in [-0.4, -0.2) is 15.3 Å². The number of Topliss-reactive ketones (excluding diaryl/α,β-unsaturated/α-hetero) is 1. The van der Waals surface area contributed by atoms with Crippen LogP contribution in [0.3, 0.4) is 0 Å². The Morgan fingerprint density at radius 3 is 2.88 bits per heavy atom. The van der Waals surface area contributed by atoms with Crippen molar-refractivity contribution in [2.45, 2.75) is 19.8 Å². The largest absolute Gasteiger partial charge is 0.338 e. The van der Waals surface area contributed by atoms with Crippen molar-refractivity contribution in [3.63, 3.8) is 0 Å². The van der Waals surface area contributed by atoms with E-state index < -0.39 is 0 Å². The van der Waals surface area contributed by atoms with Crippen molar-refractivity contribution in [3.05, 3.63) is 40.1 Å². The zero-order valence-electron chi connectivity index (χ0n) is 9.43. The maximum absolute atomic E-state index is 11.9. The van der Waals surface area contributed by atoms with E-state index in [0.29, 0.717) is 12.8 Å². The van der Waals surface area contributed by atoms with Crippen LogP contribution >= 0.6 is 11.3 Å². The predicted molar refractivity (Wildman–Crippen MR) is 64.9 cm³/mol. The summed E-state index contributed by atoms with van der Waals surface area (Å²) in [5, 5.41) is 3.93. The summed E-state index contributed by atoms with van der Waals surface area (Å²) in [5.74, 6) is 1.17. The van der Waals surface area contributed by atoms with Crippen molar-refractivity contribution in [2.75, 3.05) is 0 Å². The minimum atomic E-state index is 0.210. The van der Waals surface area contributed by atoms with Crippen LogP contribution in [0.2, 0.25) is 0 Å². The van der Waals surface area contributed by atoms with E-state index >= 15 is 0 Å². The molecule has 0 unspecified atom stereocenters. The van der Waals surface area contributed by atoms with Gasteiger partial charge < -0.3 is 4.57 Å². The van der Waals surface area contributed by atoms with Crippen LogP contribution in [0.5, 0.6) is 0 Å². The van der Waals surface area contributed by atoms with Crippen molar-refractivity contribution >= 4 is 17.1 Å². The van der Waals surface area contributed by atoms with Crippen molar-refractivity contribution in [3.8, 4) is 0 Å². The Hall–Kier alpha value is -1.42. The van der Waals surface area contributed by atoms with Gasteiger partial charge >= 0.3 is 0 Å². The van der Waals surface area contributed by atoms with E-state index in [1.165, 1.54) is 0 Å². The molecule has 0 aliphatic carbocycles. The van der Waals surface area contributed by atoms with Crippen LogP contribution in [0.15, 0.2) is 23.2 Å². The number of rotatable bonds is 4. The van der Waals surface area contributed by atoms with E-state index in [1.807, 2.05) is 35.5 Å². The molecule has 0 aliphatic rings. The molecule has 0 radical (unpaired) electrons. The number of aryl methyl sites for hydroxylation is 3. The SMILES string of the molecule is Cc1cscc1C(=O)CCc1nccn1C. The second-order valence-corrected chi connectivity index (χ2v) is 4.59. The molecule has 0 amide bonds. The highest BCUT2D eigenvalue weighted by molar-refractivity contribution is 7.08. The molecule has 84 valence electrons. The van der Waals surface area contributed by atoms with Gasteiger partial charge in [0.25, 0.3) is 0 Å². The van der Waals surface area contributed by atoms with Crippen LogP contribution in [0, 0.1) is 6.92 Å². The number of carbonyl (C=O) groups excluding carboxylic acids is 1. The molecule has 3 nitrogen and oxygen atoms in total. The molecular formula is C12H14N2OS. The Labute approximate surface area is 98.8 Å². The molecule has 0 aromatic carbocycles. The van der Waals surface area contributed by atoms with Crippen LogP contribution in [-0.2, 0) is 13.5 Å². The molecule has 2 rings (SSSR count). The van der Waals surface area contributed by atoms with Gasteiger partial charge in [-0.25, -0.2) is 4.98 Å². The maximum atomic E-state index is 11.9. The first-order valence-corrected chi connectivity index (χ1v) is 6.15. The van der Waals surface area contributed by atoms with Gasteiger partial charge in [-0.1, -0.05) is 0 Å². The minimum absolute atomic E-state index is 0.210. The lowest BCUT2D eigenvalue weighted by Gasteiger charge is -2.01. The number of hydrogen-bond donors (Lipinski definition) is 0. The summed E-state index contributed by atoms with van der Waals surface area (Å²) < 4.78 is 1.95. The molecular weight excluding hydrogens is 220 g/mol. The second kappa shape index (κ2) is 4.61. The molecule has 0 N–H and O–H groups in total. The molecule has 2 heterocycles. The summed E-state index contributed by atoms with van der Waals surface area (Å²) in [4.78, 5) is 16.1. The molecule has 0 fully saturated rings. The Morgan fingerprint density at radius 2 is 2.31 bits per heavy atom. The molecule has 0 bridgehead atoms. The third-order valence-corrected chi connectivity index (χ3v) is 3.51. The predicted octanol–water partition coefficient (Wildman–Crippen LogP) is 2.61. The molecule has 0 atom stereocenters. The zero-order valence-corrected chi connectivity index (χ0v) is 10.3. The summed E-state index contributed by atoms with van der Waals surface area (Å²) in [7, 11) is 1.95. The third kappa shape index (κ3) is 2.22. The highest BCUT2D eigenvalue weighted by Gasteiger charge is 2.11. The Kier molecular flexibility index (Phi) is 3.19. The molecule has 2 aromatic rings. The molecule has 0 spiro atoms. The fraction of sp³-hybridized carbons (Fsp3) is 0.333. The molecule has 0 aliphatic heterocycles. The topological polar surface area (TPSA) is 34.9 Å². The summed E-state index contributed by atoms with van der Waals surface area (Å²) in [5.41, 5.74) is 1.94. The van der Waals surface area contributed by atoms with Crippen LogP contribution < -0.4 is 0 Å². The van der Waals surface area contributed by atoms with Gasteiger partial charge in [0.05, 0.1) is 0 Å². The van der Waals surface area contributed by atoms with Crippen LogP contribution in [0.25, 0.3) is 0 Å². The van der Waals surface area contributed by atoms with Gasteiger partial charge in [0.1, 0.15) is 5.82 Å². The van der Waals surface area contributed by atoms with Crippen molar-refractivity contribution in [1.29, 1.82) is 0 Å². The standard InChI is InChI=1S/C12H14N2OS/c1-9-7-16-8-10(9)11(15)3-4-12-13-5-6-14(12)2/h5-8H,3-4H2,1-2H3. The number of aromatic nitrogens is 2. The van der Waals surface area contributed by atoms with E-state index in [-0.39, 0.29) is 5.78 Å². The number of thiophene rings is 1. The second-order valence-electron chi connectivity index (χ2n) is 3.85. The van der Waals surface area contributed by atoms with Gasteiger partial charge in [-0.15, -0.1) is 0 Å². The van der Waals surface area contributed by atoms with Gasteiger partial charge in [-0.3, -0.25) is 4.79 Å². The first kappa shape index (κ1) is 11.1. The smallest absolute Gasteiger partial charge is 0.164 e. The summed E-state index contributed by atoms with van der Waals surface area (Å²) in [6.45, 7) is 1.98. The van der Waals surface area contributed by atoms with E-state index in [2.05, 4.69) is 4.98 Å². The van der Waals surface area contributed by atoms with E-state index in [0.717, 1.165) is 17.0 Å². The maximum Gasteiger partial charge on any atom is 0.164 e. The Morgan fingerprint density at radius 1 is 1.50 bits per heavy atom. The van der Waals surface area contributed by atoms with Gasteiger partial charge in [0.15, 0.2) is 5.78 Å². The summed E-state index contributed by atoms with van der Waals surface area (Å²) >= 11 is 1.58. The number of nitrogens with zero attached hydrogens (tertiary/aromatic N) is 2. The number of carbonyl (C=O) groups is 1. The van der Waals surface area contributed by atoms with E-state index in [9.17, 15) is 4.79 Å². The van der Waals surface area contributed by atoms with Crippen molar-refractivity contribution < 1.29 is 4.79 Å². The fourth-order valence-corrected chi connectivity index (χ4v) is 2.50. The monoisotopic (exact) mass is 234 g/mol. The quantitative estimate of drug-likeness (QED) is 0.762. The lowest BCUT2D eigenvalue weighted by molar-refractivity contribution is 0.0982. The molecule has 0 saturated heterocycles. The number of hydrogen-bond acceptors (Lipinski definition) is 3. The van der Waals surface area contributed by atoms with Gasteiger partial charge in [-0.05, 0) is 17.9 Å². The normalized spacial score (nSPS) is 10.6. The van der Waals surface area contributed by atoms with E-state index in [1.54, 1.807) is 17.5 Å². The Bertz CT molecular complexity index is 499.